The lowest BCUT2D eigenvalue weighted by molar-refractivity contribution is -0.121. The molecular formula is C14H16O4. The summed E-state index contributed by atoms with van der Waals surface area (Å²) in [5.74, 6) is -0.751. The number of allylic oxidation sites excluding steroid dienone is 4. The molecule has 0 amide bonds. The Morgan fingerprint density at radius 2 is 1.67 bits per heavy atom. The third-order valence-electron chi connectivity index (χ3n) is 2.72. The van der Waals surface area contributed by atoms with Crippen LogP contribution >= 0.6 is 0 Å². The smallest absolute Gasteiger partial charge is 0.228 e. The Balaban J connectivity index is 3.22. The minimum Gasteiger partial charge on any atom is -0.489 e. The SMILES string of the molecule is [CH]/C(C)=C/CC1=C(C)C(=O)C(OC)=C(OC)C1=O. The van der Waals surface area contributed by atoms with Gasteiger partial charge in [-0.15, -0.1) is 0 Å². The van der Waals surface area contributed by atoms with E-state index in [9.17, 15) is 9.59 Å². The molecule has 0 aromatic carbocycles. The van der Waals surface area contributed by atoms with Crippen molar-refractivity contribution in [2.24, 2.45) is 0 Å². The van der Waals surface area contributed by atoms with Crippen LogP contribution in [-0.4, -0.2) is 25.8 Å². The standard InChI is InChI=1S/C14H16O4/c1-8(2)6-7-10-9(3)11(15)13(17-4)14(18-5)12(10)16/h1,6H,7H2,2-5H3/b8-6-. The summed E-state index contributed by atoms with van der Waals surface area (Å²) in [4.78, 5) is 24.2. The van der Waals surface area contributed by atoms with Gasteiger partial charge in [0.2, 0.25) is 23.1 Å². The van der Waals surface area contributed by atoms with Crippen LogP contribution in [0.3, 0.4) is 0 Å². The second-order valence-electron chi connectivity index (χ2n) is 3.98. The Bertz CT molecular complexity index is 474. The fourth-order valence-corrected chi connectivity index (χ4v) is 1.70. The van der Waals surface area contributed by atoms with Crippen molar-refractivity contribution < 1.29 is 19.1 Å². The molecule has 0 fully saturated rings. The molecule has 1 aliphatic rings. The zero-order valence-electron chi connectivity index (χ0n) is 11.0. The fourth-order valence-electron chi connectivity index (χ4n) is 1.70. The minimum absolute atomic E-state index is 0.0443. The molecule has 0 heterocycles. The molecule has 0 aromatic rings. The van der Waals surface area contributed by atoms with E-state index in [4.69, 9.17) is 16.4 Å². The maximum Gasteiger partial charge on any atom is 0.228 e. The highest BCUT2D eigenvalue weighted by Gasteiger charge is 2.33. The minimum atomic E-state index is -0.330. The van der Waals surface area contributed by atoms with Crippen molar-refractivity contribution in [2.75, 3.05) is 14.2 Å². The van der Waals surface area contributed by atoms with Crippen LogP contribution in [0.25, 0.3) is 0 Å². The second-order valence-corrected chi connectivity index (χ2v) is 3.98. The third kappa shape index (κ3) is 2.53. The van der Waals surface area contributed by atoms with Crippen LogP contribution in [0.1, 0.15) is 20.3 Å². The van der Waals surface area contributed by atoms with E-state index < -0.39 is 0 Å². The van der Waals surface area contributed by atoms with Crippen LogP contribution in [0.4, 0.5) is 0 Å². The van der Waals surface area contributed by atoms with Gasteiger partial charge in [0.1, 0.15) is 0 Å². The zero-order chi connectivity index (χ0) is 13.9. The number of Topliss-reactive ketones (excluding diaryl/α,β-unsaturated/α-hetero) is 2. The average molecular weight is 248 g/mol. The number of methoxy groups -OCH3 is 2. The summed E-state index contributed by atoms with van der Waals surface area (Å²) in [7, 11) is 2.67. The van der Waals surface area contributed by atoms with Gasteiger partial charge in [0.15, 0.2) is 0 Å². The van der Waals surface area contributed by atoms with E-state index in [0.717, 1.165) is 0 Å². The molecule has 0 saturated heterocycles. The molecule has 96 valence electrons. The number of hydrogen-bond donors (Lipinski definition) is 0. The highest BCUT2D eigenvalue weighted by Crippen LogP contribution is 2.27. The van der Waals surface area contributed by atoms with Gasteiger partial charge in [-0.1, -0.05) is 11.6 Å². The molecule has 1 aliphatic carbocycles. The van der Waals surface area contributed by atoms with Crippen LogP contribution < -0.4 is 0 Å². The van der Waals surface area contributed by atoms with Crippen LogP contribution in [0.2, 0.25) is 0 Å². The van der Waals surface area contributed by atoms with Gasteiger partial charge in [-0.2, -0.15) is 0 Å². The van der Waals surface area contributed by atoms with E-state index in [-0.39, 0.29) is 23.1 Å². The summed E-state index contributed by atoms with van der Waals surface area (Å²) in [5.41, 5.74) is 1.36. The van der Waals surface area contributed by atoms with Gasteiger partial charge in [-0.05, 0) is 27.2 Å². The second kappa shape index (κ2) is 5.67. The van der Waals surface area contributed by atoms with Gasteiger partial charge in [-0.3, -0.25) is 9.59 Å². The maximum absolute atomic E-state index is 12.2. The van der Waals surface area contributed by atoms with Gasteiger partial charge < -0.3 is 9.47 Å². The van der Waals surface area contributed by atoms with E-state index in [2.05, 4.69) is 0 Å². The number of ketones is 2. The molecule has 4 nitrogen and oxygen atoms in total. The number of carbonyl (C=O) groups is 2. The summed E-state index contributed by atoms with van der Waals surface area (Å²) in [6.45, 7) is 8.85. The first-order valence-corrected chi connectivity index (χ1v) is 5.47. The van der Waals surface area contributed by atoms with Crippen molar-refractivity contribution in [3.05, 3.63) is 41.2 Å². The lowest BCUT2D eigenvalue weighted by atomic mass is 9.90. The van der Waals surface area contributed by atoms with Crippen LogP contribution in [0.15, 0.2) is 34.3 Å². The lowest BCUT2D eigenvalue weighted by Crippen LogP contribution is -2.24. The number of rotatable bonds is 4. The molecule has 0 aromatic heterocycles. The first-order chi connectivity index (χ1) is 8.43. The molecule has 1 rings (SSSR count). The normalized spacial score (nSPS) is 17.5. The van der Waals surface area contributed by atoms with E-state index in [1.807, 2.05) is 0 Å². The average Bonchev–Trinajstić information content (AvgIpc) is 2.32. The number of hydrogen-bond acceptors (Lipinski definition) is 4. The molecule has 0 aliphatic heterocycles. The van der Waals surface area contributed by atoms with Crippen molar-refractivity contribution in [3.8, 4) is 0 Å². The Morgan fingerprint density at radius 3 is 2.11 bits per heavy atom. The van der Waals surface area contributed by atoms with Gasteiger partial charge in [0, 0.05) is 11.1 Å². The van der Waals surface area contributed by atoms with Crippen molar-refractivity contribution >= 4 is 11.6 Å². The molecule has 2 radical (unpaired) electrons. The van der Waals surface area contributed by atoms with E-state index in [1.54, 1.807) is 19.9 Å². The summed E-state index contributed by atoms with van der Waals surface area (Å²) in [5, 5.41) is 0. The Morgan fingerprint density at radius 1 is 1.17 bits per heavy atom. The summed E-state index contributed by atoms with van der Waals surface area (Å²) in [6.07, 6.45) is 2.00. The van der Waals surface area contributed by atoms with E-state index >= 15 is 0 Å². The van der Waals surface area contributed by atoms with Crippen LogP contribution in [-0.2, 0) is 19.1 Å². The van der Waals surface area contributed by atoms with Gasteiger partial charge in [-0.25, -0.2) is 0 Å². The number of ether oxygens (including phenoxy) is 2. The Hall–Kier alpha value is -1.84. The lowest BCUT2D eigenvalue weighted by Gasteiger charge is -2.19. The molecule has 0 unspecified atom stereocenters. The Labute approximate surface area is 107 Å². The van der Waals surface area contributed by atoms with Gasteiger partial charge in [0.25, 0.3) is 0 Å². The highest BCUT2D eigenvalue weighted by molar-refractivity contribution is 6.23. The molecule has 0 N–H and O–H groups in total. The molecule has 0 atom stereocenters. The molecule has 4 heteroatoms. The fraction of sp³-hybridized carbons (Fsp3) is 0.357. The first-order valence-electron chi connectivity index (χ1n) is 5.47. The van der Waals surface area contributed by atoms with Gasteiger partial charge in [0.05, 0.1) is 14.2 Å². The van der Waals surface area contributed by atoms with Gasteiger partial charge >= 0.3 is 0 Å². The molecule has 18 heavy (non-hydrogen) atoms. The van der Waals surface area contributed by atoms with Crippen LogP contribution in [0.5, 0.6) is 0 Å². The molecule has 0 saturated carbocycles. The summed E-state index contributed by atoms with van der Waals surface area (Å²) in [6, 6.07) is 0. The van der Waals surface area contributed by atoms with Crippen molar-refractivity contribution in [1.82, 2.24) is 0 Å². The topological polar surface area (TPSA) is 52.6 Å². The molecule has 0 bridgehead atoms. The van der Waals surface area contributed by atoms with E-state index in [0.29, 0.717) is 23.1 Å². The maximum atomic E-state index is 12.2. The van der Waals surface area contributed by atoms with Crippen molar-refractivity contribution in [3.63, 3.8) is 0 Å². The van der Waals surface area contributed by atoms with E-state index in [1.165, 1.54) is 14.2 Å². The predicted octanol–water partition coefficient (Wildman–Crippen LogP) is 2.01. The third-order valence-corrected chi connectivity index (χ3v) is 2.72. The molecular weight excluding hydrogens is 232 g/mol. The Kier molecular flexibility index (Phi) is 4.48. The monoisotopic (exact) mass is 248 g/mol. The zero-order valence-corrected chi connectivity index (χ0v) is 11.0. The highest BCUT2D eigenvalue weighted by atomic mass is 16.5. The van der Waals surface area contributed by atoms with Crippen LogP contribution in [0, 0.1) is 6.92 Å². The summed E-state index contributed by atoms with van der Waals surface area (Å²) >= 11 is 0. The molecule has 0 spiro atoms. The largest absolute Gasteiger partial charge is 0.489 e. The van der Waals surface area contributed by atoms with Crippen molar-refractivity contribution in [1.29, 1.82) is 0 Å². The number of carbonyl (C=O) groups excluding carboxylic acids is 2. The summed E-state index contributed by atoms with van der Waals surface area (Å²) < 4.78 is 9.89. The van der Waals surface area contributed by atoms with Crippen molar-refractivity contribution in [2.45, 2.75) is 20.3 Å². The predicted molar refractivity (Wildman–Crippen MR) is 66.4 cm³/mol. The first kappa shape index (κ1) is 14.2. The quantitative estimate of drug-likeness (QED) is 0.714.